The van der Waals surface area contributed by atoms with Gasteiger partial charge < -0.3 is 10.8 Å². The van der Waals surface area contributed by atoms with Gasteiger partial charge in [0.25, 0.3) is 0 Å². The standard InChI is InChI=1S/C7H14FNO2/c1-7(2,8)5(3-4-9)6(10)11/h5H,3-4,9H2,1-2H3,(H,10,11). The van der Waals surface area contributed by atoms with Crippen molar-refractivity contribution in [2.24, 2.45) is 11.7 Å². The van der Waals surface area contributed by atoms with E-state index in [4.69, 9.17) is 10.8 Å². The lowest BCUT2D eigenvalue weighted by atomic mass is 9.90. The molecule has 1 unspecified atom stereocenters. The molecule has 66 valence electrons. The second-order valence-electron chi connectivity index (χ2n) is 3.03. The number of rotatable bonds is 4. The smallest absolute Gasteiger partial charge is 0.309 e. The fourth-order valence-corrected chi connectivity index (χ4v) is 0.927. The van der Waals surface area contributed by atoms with E-state index in [0.29, 0.717) is 0 Å². The third-order valence-electron chi connectivity index (χ3n) is 1.58. The normalized spacial score (nSPS) is 14.5. The predicted molar refractivity (Wildman–Crippen MR) is 40.0 cm³/mol. The van der Waals surface area contributed by atoms with Crippen molar-refractivity contribution < 1.29 is 14.3 Å². The van der Waals surface area contributed by atoms with Gasteiger partial charge in [0, 0.05) is 0 Å². The molecule has 0 bridgehead atoms. The molecule has 0 heterocycles. The first kappa shape index (κ1) is 10.4. The highest BCUT2D eigenvalue weighted by molar-refractivity contribution is 5.71. The van der Waals surface area contributed by atoms with Crippen LogP contribution in [0.5, 0.6) is 0 Å². The summed E-state index contributed by atoms with van der Waals surface area (Å²) in [6.45, 7) is 2.70. The Kier molecular flexibility index (Phi) is 3.45. The Morgan fingerprint density at radius 3 is 2.27 bits per heavy atom. The number of alkyl halides is 1. The van der Waals surface area contributed by atoms with E-state index in [1.54, 1.807) is 0 Å². The van der Waals surface area contributed by atoms with Crippen LogP contribution in [-0.4, -0.2) is 23.3 Å². The molecule has 0 saturated heterocycles. The van der Waals surface area contributed by atoms with E-state index in [9.17, 15) is 9.18 Å². The third-order valence-corrected chi connectivity index (χ3v) is 1.58. The Morgan fingerprint density at radius 1 is 1.73 bits per heavy atom. The maximum atomic E-state index is 13.1. The first-order valence-electron chi connectivity index (χ1n) is 3.51. The maximum Gasteiger partial charge on any atom is 0.309 e. The number of carboxylic acid groups (broad SMARTS) is 1. The predicted octanol–water partition coefficient (Wildman–Crippen LogP) is 0.784. The highest BCUT2D eigenvalue weighted by atomic mass is 19.1. The van der Waals surface area contributed by atoms with Gasteiger partial charge in [-0.1, -0.05) is 0 Å². The Hall–Kier alpha value is -0.640. The van der Waals surface area contributed by atoms with Crippen LogP contribution >= 0.6 is 0 Å². The van der Waals surface area contributed by atoms with E-state index in [2.05, 4.69) is 0 Å². The highest BCUT2D eigenvalue weighted by Gasteiger charge is 2.34. The summed E-state index contributed by atoms with van der Waals surface area (Å²) in [6, 6.07) is 0. The number of carbonyl (C=O) groups is 1. The number of hydrogen-bond acceptors (Lipinski definition) is 2. The van der Waals surface area contributed by atoms with Gasteiger partial charge in [-0.05, 0) is 26.8 Å². The van der Waals surface area contributed by atoms with Gasteiger partial charge in [0.2, 0.25) is 0 Å². The van der Waals surface area contributed by atoms with Crippen LogP contribution in [0.2, 0.25) is 0 Å². The average molecular weight is 163 g/mol. The van der Waals surface area contributed by atoms with E-state index in [-0.39, 0.29) is 13.0 Å². The van der Waals surface area contributed by atoms with Crippen LogP contribution in [0, 0.1) is 5.92 Å². The van der Waals surface area contributed by atoms with Crippen LogP contribution in [0.3, 0.4) is 0 Å². The number of halogens is 1. The largest absolute Gasteiger partial charge is 0.481 e. The number of aliphatic carboxylic acids is 1. The van der Waals surface area contributed by atoms with Gasteiger partial charge in [-0.15, -0.1) is 0 Å². The molecule has 0 saturated carbocycles. The number of carboxylic acids is 1. The van der Waals surface area contributed by atoms with Crippen molar-refractivity contribution in [2.75, 3.05) is 6.54 Å². The van der Waals surface area contributed by atoms with Gasteiger partial charge in [-0.2, -0.15) is 0 Å². The third kappa shape index (κ3) is 3.32. The van der Waals surface area contributed by atoms with Crippen LogP contribution in [0.4, 0.5) is 4.39 Å². The quantitative estimate of drug-likeness (QED) is 0.643. The number of hydrogen-bond donors (Lipinski definition) is 2. The zero-order valence-electron chi connectivity index (χ0n) is 6.80. The topological polar surface area (TPSA) is 63.3 Å². The molecule has 1 atom stereocenters. The molecule has 0 aromatic rings. The number of nitrogens with two attached hydrogens (primary N) is 1. The van der Waals surface area contributed by atoms with E-state index >= 15 is 0 Å². The lowest BCUT2D eigenvalue weighted by Gasteiger charge is -2.22. The summed E-state index contributed by atoms with van der Waals surface area (Å²) < 4.78 is 13.1. The van der Waals surface area contributed by atoms with Crippen molar-refractivity contribution in [1.29, 1.82) is 0 Å². The summed E-state index contributed by atoms with van der Waals surface area (Å²) in [7, 11) is 0. The summed E-state index contributed by atoms with van der Waals surface area (Å²) in [6.07, 6.45) is 0.179. The summed E-state index contributed by atoms with van der Waals surface area (Å²) in [5.41, 5.74) is 3.44. The molecule has 11 heavy (non-hydrogen) atoms. The minimum absolute atomic E-state index is 0.179. The molecule has 0 aliphatic heterocycles. The van der Waals surface area contributed by atoms with E-state index < -0.39 is 17.6 Å². The summed E-state index contributed by atoms with van der Waals surface area (Å²) >= 11 is 0. The molecule has 0 aromatic heterocycles. The van der Waals surface area contributed by atoms with Gasteiger partial charge >= 0.3 is 5.97 Å². The lowest BCUT2D eigenvalue weighted by molar-refractivity contribution is -0.146. The maximum absolute atomic E-state index is 13.1. The Morgan fingerprint density at radius 2 is 2.18 bits per heavy atom. The van der Waals surface area contributed by atoms with Crippen LogP contribution in [0.25, 0.3) is 0 Å². The summed E-state index contributed by atoms with van der Waals surface area (Å²) in [5.74, 6) is -2.12. The van der Waals surface area contributed by atoms with Crippen molar-refractivity contribution in [3.63, 3.8) is 0 Å². The van der Waals surface area contributed by atoms with Crippen molar-refractivity contribution >= 4 is 5.97 Å². The van der Waals surface area contributed by atoms with E-state index in [1.807, 2.05) is 0 Å². The van der Waals surface area contributed by atoms with Crippen LogP contribution in [0.1, 0.15) is 20.3 Å². The summed E-state index contributed by atoms with van der Waals surface area (Å²) in [4.78, 5) is 10.4. The first-order chi connectivity index (χ1) is 4.89. The molecule has 0 amide bonds. The van der Waals surface area contributed by atoms with Crippen molar-refractivity contribution in [1.82, 2.24) is 0 Å². The lowest BCUT2D eigenvalue weighted by Crippen LogP contribution is -2.34. The van der Waals surface area contributed by atoms with Gasteiger partial charge in [-0.3, -0.25) is 4.79 Å². The van der Waals surface area contributed by atoms with Gasteiger partial charge in [-0.25, -0.2) is 4.39 Å². The molecule has 3 N–H and O–H groups in total. The van der Waals surface area contributed by atoms with Crippen molar-refractivity contribution in [2.45, 2.75) is 25.9 Å². The highest BCUT2D eigenvalue weighted by Crippen LogP contribution is 2.23. The molecule has 0 aliphatic rings. The first-order valence-corrected chi connectivity index (χ1v) is 3.51. The molecule has 0 aromatic carbocycles. The van der Waals surface area contributed by atoms with E-state index in [0.717, 1.165) is 0 Å². The van der Waals surface area contributed by atoms with Crippen molar-refractivity contribution in [3.05, 3.63) is 0 Å². The van der Waals surface area contributed by atoms with Crippen LogP contribution < -0.4 is 5.73 Å². The fourth-order valence-electron chi connectivity index (χ4n) is 0.927. The minimum atomic E-state index is -1.69. The molecule has 0 radical (unpaired) electrons. The molecular formula is C7H14FNO2. The molecule has 4 heteroatoms. The Balaban J connectivity index is 4.22. The summed E-state index contributed by atoms with van der Waals surface area (Å²) in [5, 5.41) is 8.54. The fraction of sp³-hybridized carbons (Fsp3) is 0.857. The van der Waals surface area contributed by atoms with Gasteiger partial charge in [0.15, 0.2) is 0 Å². The molecule has 0 aliphatic carbocycles. The SMILES string of the molecule is CC(C)(F)C(CCN)C(=O)O. The zero-order valence-corrected chi connectivity index (χ0v) is 6.80. The molecule has 0 rings (SSSR count). The molecule has 3 nitrogen and oxygen atoms in total. The minimum Gasteiger partial charge on any atom is -0.481 e. The molecule has 0 fully saturated rings. The second kappa shape index (κ2) is 3.67. The Labute approximate surface area is 65.4 Å². The second-order valence-corrected chi connectivity index (χ2v) is 3.03. The van der Waals surface area contributed by atoms with Crippen molar-refractivity contribution in [3.8, 4) is 0 Å². The Bertz CT molecular complexity index is 142. The molecular weight excluding hydrogens is 149 g/mol. The van der Waals surface area contributed by atoms with E-state index in [1.165, 1.54) is 13.8 Å². The van der Waals surface area contributed by atoms with Gasteiger partial charge in [0.05, 0.1) is 5.92 Å². The molecule has 0 spiro atoms. The van der Waals surface area contributed by atoms with Crippen LogP contribution in [-0.2, 0) is 4.79 Å². The monoisotopic (exact) mass is 163 g/mol. The zero-order chi connectivity index (χ0) is 9.07. The van der Waals surface area contributed by atoms with Crippen LogP contribution in [0.15, 0.2) is 0 Å². The average Bonchev–Trinajstić information content (AvgIpc) is 1.79. The van der Waals surface area contributed by atoms with Gasteiger partial charge in [0.1, 0.15) is 5.67 Å².